The summed E-state index contributed by atoms with van der Waals surface area (Å²) in [4.78, 5) is 15.1. The summed E-state index contributed by atoms with van der Waals surface area (Å²) in [6, 6.07) is 10.00. The second kappa shape index (κ2) is 7.50. The molecule has 0 unspecified atom stereocenters. The molecule has 2 rings (SSSR count). The average molecular weight is 354 g/mol. The number of hydrogen-bond acceptors (Lipinski definition) is 4. The minimum atomic E-state index is 0.0140. The van der Waals surface area contributed by atoms with Crippen LogP contribution in [0.2, 0.25) is 0 Å². The van der Waals surface area contributed by atoms with Gasteiger partial charge in [-0.1, -0.05) is 57.7 Å². The Morgan fingerprint density at radius 3 is 2.75 bits per heavy atom. The second-order valence-electron chi connectivity index (χ2n) is 4.30. The lowest BCUT2D eigenvalue weighted by Gasteiger charge is -2.21. The Balaban J connectivity index is 2.18. The zero-order chi connectivity index (χ0) is 14.4. The van der Waals surface area contributed by atoms with Crippen molar-refractivity contribution < 1.29 is 4.79 Å². The van der Waals surface area contributed by atoms with E-state index in [1.807, 2.05) is 42.2 Å². The van der Waals surface area contributed by atoms with E-state index in [1.165, 1.54) is 11.5 Å². The van der Waals surface area contributed by atoms with E-state index in [0.717, 1.165) is 23.0 Å². The van der Waals surface area contributed by atoms with E-state index >= 15 is 0 Å². The van der Waals surface area contributed by atoms with Crippen LogP contribution in [0.4, 0.5) is 0 Å². The number of alkyl halides is 1. The van der Waals surface area contributed by atoms with E-state index in [4.69, 9.17) is 0 Å². The third-order valence-corrected chi connectivity index (χ3v) is 4.05. The van der Waals surface area contributed by atoms with Gasteiger partial charge in [0, 0.05) is 18.4 Å². The number of benzene rings is 1. The first-order valence-electron chi connectivity index (χ1n) is 6.46. The van der Waals surface area contributed by atoms with E-state index in [9.17, 15) is 4.79 Å². The Morgan fingerprint density at radius 1 is 1.35 bits per heavy atom. The van der Waals surface area contributed by atoms with Gasteiger partial charge in [0.05, 0.1) is 5.69 Å². The lowest BCUT2D eigenvalue weighted by Crippen LogP contribution is -2.32. The van der Waals surface area contributed by atoms with Crippen LogP contribution in [-0.4, -0.2) is 32.3 Å². The van der Waals surface area contributed by atoms with E-state index in [2.05, 4.69) is 25.5 Å². The minimum absolute atomic E-state index is 0.0140. The summed E-state index contributed by atoms with van der Waals surface area (Å²) in [6.45, 7) is 3.25. The molecular weight excluding hydrogens is 338 g/mol. The minimum Gasteiger partial charge on any atom is -0.333 e. The first-order valence-corrected chi connectivity index (χ1v) is 8.36. The largest absolute Gasteiger partial charge is 0.333 e. The fourth-order valence-corrected chi connectivity index (χ4v) is 3.05. The number of halogens is 1. The van der Waals surface area contributed by atoms with Gasteiger partial charge in [-0.15, -0.1) is 5.10 Å². The maximum Gasteiger partial charge on any atom is 0.267 e. The number of carbonyl (C=O) groups is 1. The summed E-state index contributed by atoms with van der Waals surface area (Å²) in [5.74, 6) is 0.0140. The molecule has 1 aromatic heterocycles. The third-order valence-electron chi connectivity index (χ3n) is 2.94. The Kier molecular flexibility index (Phi) is 5.67. The van der Waals surface area contributed by atoms with Crippen molar-refractivity contribution in [3.8, 4) is 0 Å². The van der Waals surface area contributed by atoms with Crippen LogP contribution < -0.4 is 0 Å². The topological polar surface area (TPSA) is 46.1 Å². The molecule has 4 nitrogen and oxygen atoms in total. The predicted molar refractivity (Wildman–Crippen MR) is 84.3 cm³/mol. The van der Waals surface area contributed by atoms with Gasteiger partial charge in [-0.3, -0.25) is 4.79 Å². The molecule has 0 aliphatic rings. The van der Waals surface area contributed by atoms with E-state index in [-0.39, 0.29) is 5.91 Å². The molecule has 0 N–H and O–H groups in total. The molecule has 0 radical (unpaired) electrons. The van der Waals surface area contributed by atoms with Crippen LogP contribution >= 0.6 is 27.5 Å². The number of aromatic nitrogens is 2. The molecule has 0 aliphatic carbocycles. The highest BCUT2D eigenvalue weighted by molar-refractivity contribution is 9.09. The van der Waals surface area contributed by atoms with Crippen LogP contribution in [0.15, 0.2) is 30.3 Å². The lowest BCUT2D eigenvalue weighted by atomic mass is 10.2. The molecule has 0 saturated carbocycles. The lowest BCUT2D eigenvalue weighted by molar-refractivity contribution is 0.0758. The summed E-state index contributed by atoms with van der Waals surface area (Å²) in [5.41, 5.74) is 1.91. The molecule has 106 valence electrons. The molecule has 2 aromatic rings. The Morgan fingerprint density at radius 2 is 2.10 bits per heavy atom. The smallest absolute Gasteiger partial charge is 0.267 e. The maximum atomic E-state index is 12.6. The number of rotatable bonds is 6. The molecular formula is C14H16BrN3OS. The molecule has 1 amide bonds. The summed E-state index contributed by atoms with van der Waals surface area (Å²) in [6.07, 6.45) is 0.727. The van der Waals surface area contributed by atoms with Gasteiger partial charge in [0.25, 0.3) is 5.91 Å². The average Bonchev–Trinajstić information content (AvgIpc) is 2.95. The molecule has 6 heteroatoms. The standard InChI is InChI=1S/C14H16BrN3OS/c1-2-12-13(20-17-16-12)14(19)18(9-8-15)10-11-6-4-3-5-7-11/h3-7H,2,8-10H2,1H3. The van der Waals surface area contributed by atoms with Crippen LogP contribution in [-0.2, 0) is 13.0 Å². The van der Waals surface area contributed by atoms with Crippen LogP contribution in [0.5, 0.6) is 0 Å². The van der Waals surface area contributed by atoms with E-state index < -0.39 is 0 Å². The fourth-order valence-electron chi connectivity index (χ4n) is 1.90. The predicted octanol–water partition coefficient (Wildman–Crippen LogP) is 3.14. The number of nitrogens with zero attached hydrogens (tertiary/aromatic N) is 3. The van der Waals surface area contributed by atoms with Crippen molar-refractivity contribution in [2.24, 2.45) is 0 Å². The fraction of sp³-hybridized carbons (Fsp3) is 0.357. The Hall–Kier alpha value is -1.27. The molecule has 20 heavy (non-hydrogen) atoms. The summed E-state index contributed by atoms with van der Waals surface area (Å²) in [7, 11) is 0. The van der Waals surface area contributed by atoms with Crippen molar-refractivity contribution in [2.45, 2.75) is 19.9 Å². The number of hydrogen-bond donors (Lipinski definition) is 0. The van der Waals surface area contributed by atoms with Crippen molar-refractivity contribution in [3.63, 3.8) is 0 Å². The Labute approximate surface area is 131 Å². The van der Waals surface area contributed by atoms with Gasteiger partial charge in [0.15, 0.2) is 0 Å². The third kappa shape index (κ3) is 3.64. The van der Waals surface area contributed by atoms with Gasteiger partial charge in [-0.2, -0.15) is 0 Å². The molecule has 0 spiro atoms. The van der Waals surface area contributed by atoms with Crippen molar-refractivity contribution in [1.29, 1.82) is 0 Å². The summed E-state index contributed by atoms with van der Waals surface area (Å²) in [5, 5.41) is 4.76. The quantitative estimate of drug-likeness (QED) is 0.749. The molecule has 0 aliphatic heterocycles. The van der Waals surface area contributed by atoms with Crippen LogP contribution in [0.1, 0.15) is 27.9 Å². The summed E-state index contributed by atoms with van der Waals surface area (Å²) < 4.78 is 3.90. The van der Waals surface area contributed by atoms with Crippen LogP contribution in [0.3, 0.4) is 0 Å². The van der Waals surface area contributed by atoms with Gasteiger partial charge >= 0.3 is 0 Å². The number of amides is 1. The molecule has 0 atom stereocenters. The first kappa shape index (κ1) is 15.1. The van der Waals surface area contributed by atoms with Gasteiger partial charge in [-0.25, -0.2) is 0 Å². The first-order chi connectivity index (χ1) is 9.76. The second-order valence-corrected chi connectivity index (χ2v) is 5.85. The molecule has 0 fully saturated rings. The number of aryl methyl sites for hydroxylation is 1. The van der Waals surface area contributed by atoms with Gasteiger partial charge < -0.3 is 4.90 Å². The van der Waals surface area contributed by atoms with Crippen molar-refractivity contribution >= 4 is 33.4 Å². The van der Waals surface area contributed by atoms with Crippen molar-refractivity contribution in [1.82, 2.24) is 14.5 Å². The van der Waals surface area contributed by atoms with Gasteiger partial charge in [-0.05, 0) is 23.5 Å². The zero-order valence-corrected chi connectivity index (χ0v) is 13.7. The van der Waals surface area contributed by atoms with Gasteiger partial charge in [0.1, 0.15) is 4.88 Å². The zero-order valence-electron chi connectivity index (χ0n) is 11.3. The molecule has 1 aromatic carbocycles. The molecule has 0 saturated heterocycles. The van der Waals surface area contributed by atoms with E-state index in [0.29, 0.717) is 18.0 Å². The Bertz CT molecular complexity index is 559. The van der Waals surface area contributed by atoms with Crippen LogP contribution in [0, 0.1) is 0 Å². The highest BCUT2D eigenvalue weighted by atomic mass is 79.9. The van der Waals surface area contributed by atoms with Crippen LogP contribution in [0.25, 0.3) is 0 Å². The summed E-state index contributed by atoms with van der Waals surface area (Å²) >= 11 is 4.59. The highest BCUT2D eigenvalue weighted by Crippen LogP contribution is 2.16. The maximum absolute atomic E-state index is 12.6. The number of carbonyl (C=O) groups excluding carboxylic acids is 1. The normalized spacial score (nSPS) is 10.5. The monoisotopic (exact) mass is 353 g/mol. The highest BCUT2D eigenvalue weighted by Gasteiger charge is 2.21. The van der Waals surface area contributed by atoms with Gasteiger partial charge in [0.2, 0.25) is 0 Å². The SMILES string of the molecule is CCc1nnsc1C(=O)N(CCBr)Cc1ccccc1. The molecule has 0 bridgehead atoms. The van der Waals surface area contributed by atoms with E-state index in [1.54, 1.807) is 0 Å². The van der Waals surface area contributed by atoms with Crippen molar-refractivity contribution in [2.75, 3.05) is 11.9 Å². The van der Waals surface area contributed by atoms with Crippen molar-refractivity contribution in [3.05, 3.63) is 46.5 Å². The molecule has 1 heterocycles.